The maximum absolute atomic E-state index is 12.0. The Morgan fingerprint density at radius 2 is 2.10 bits per heavy atom. The molecule has 8 heteroatoms. The van der Waals surface area contributed by atoms with Crippen LogP contribution in [0.2, 0.25) is 0 Å². The van der Waals surface area contributed by atoms with E-state index >= 15 is 0 Å². The Balaban J connectivity index is 2.52. The first-order valence-electron chi connectivity index (χ1n) is 7.05. The van der Waals surface area contributed by atoms with Gasteiger partial charge in [-0.25, -0.2) is 9.59 Å². The lowest BCUT2D eigenvalue weighted by molar-refractivity contribution is -0.145. The maximum Gasteiger partial charge on any atom is 0.326 e. The molecule has 0 aromatic carbocycles. The lowest BCUT2D eigenvalue weighted by atomic mass is 10.1. The van der Waals surface area contributed by atoms with Crippen LogP contribution < -0.4 is 5.32 Å². The zero-order valence-corrected chi connectivity index (χ0v) is 12.1. The molecule has 1 fully saturated rings. The summed E-state index contributed by atoms with van der Waals surface area (Å²) >= 11 is 0. The molecule has 0 aliphatic carbocycles. The number of carbonyl (C=O) groups excluding carboxylic acids is 1. The zero-order valence-electron chi connectivity index (χ0n) is 12.1. The summed E-state index contributed by atoms with van der Waals surface area (Å²) in [5, 5.41) is 19.8. The second-order valence-corrected chi connectivity index (χ2v) is 5.02. The van der Waals surface area contributed by atoms with Gasteiger partial charge in [-0.15, -0.1) is 0 Å². The van der Waals surface area contributed by atoms with Crippen molar-refractivity contribution >= 4 is 18.0 Å². The minimum Gasteiger partial charge on any atom is -0.481 e. The number of aliphatic carboxylic acids is 2. The molecule has 0 bridgehead atoms. The van der Waals surface area contributed by atoms with Gasteiger partial charge < -0.3 is 25.2 Å². The number of ether oxygens (including phenoxy) is 1. The van der Waals surface area contributed by atoms with Gasteiger partial charge >= 0.3 is 18.0 Å². The van der Waals surface area contributed by atoms with Crippen LogP contribution in [0.4, 0.5) is 4.79 Å². The average Bonchev–Trinajstić information content (AvgIpc) is 2.44. The minimum absolute atomic E-state index is 0.0489. The molecule has 8 nitrogen and oxygen atoms in total. The Kier molecular flexibility index (Phi) is 6.93. The fourth-order valence-corrected chi connectivity index (χ4v) is 2.16. The van der Waals surface area contributed by atoms with E-state index < -0.39 is 30.4 Å². The van der Waals surface area contributed by atoms with E-state index in [1.807, 2.05) is 6.92 Å². The molecule has 0 radical (unpaired) electrons. The van der Waals surface area contributed by atoms with E-state index in [9.17, 15) is 14.4 Å². The number of urea groups is 1. The van der Waals surface area contributed by atoms with Crippen molar-refractivity contribution in [2.24, 2.45) is 0 Å². The third kappa shape index (κ3) is 5.99. The van der Waals surface area contributed by atoms with Crippen LogP contribution in [0.5, 0.6) is 0 Å². The normalized spacial score (nSPS) is 19.9. The van der Waals surface area contributed by atoms with E-state index in [1.54, 1.807) is 0 Å². The monoisotopic (exact) mass is 302 g/mol. The van der Waals surface area contributed by atoms with Crippen molar-refractivity contribution in [3.63, 3.8) is 0 Å². The Morgan fingerprint density at radius 1 is 1.38 bits per heavy atom. The molecule has 0 saturated carbocycles. The Hall–Kier alpha value is -1.83. The molecule has 1 saturated heterocycles. The minimum atomic E-state index is -1.42. The van der Waals surface area contributed by atoms with Crippen LogP contribution in [0, 0.1) is 0 Å². The van der Waals surface area contributed by atoms with Crippen LogP contribution in [0.3, 0.4) is 0 Å². The summed E-state index contributed by atoms with van der Waals surface area (Å²) in [5.74, 6) is -2.63. The number of carboxylic acid groups (broad SMARTS) is 2. The van der Waals surface area contributed by atoms with Gasteiger partial charge in [-0.2, -0.15) is 0 Å². The summed E-state index contributed by atoms with van der Waals surface area (Å²) < 4.78 is 5.60. The highest BCUT2D eigenvalue weighted by Gasteiger charge is 2.28. The van der Waals surface area contributed by atoms with Crippen molar-refractivity contribution in [2.75, 3.05) is 19.7 Å². The highest BCUT2D eigenvalue weighted by atomic mass is 16.5. The largest absolute Gasteiger partial charge is 0.481 e. The van der Waals surface area contributed by atoms with Crippen LogP contribution >= 0.6 is 0 Å². The van der Waals surface area contributed by atoms with Crippen molar-refractivity contribution in [1.82, 2.24) is 10.2 Å². The number of nitrogens with zero attached hydrogens (tertiary/aromatic N) is 1. The van der Waals surface area contributed by atoms with Crippen molar-refractivity contribution in [2.45, 2.75) is 44.8 Å². The van der Waals surface area contributed by atoms with Gasteiger partial charge in [0, 0.05) is 19.7 Å². The fourth-order valence-electron chi connectivity index (χ4n) is 2.16. The molecule has 2 atom stereocenters. The smallest absolute Gasteiger partial charge is 0.326 e. The third-order valence-corrected chi connectivity index (χ3v) is 3.20. The van der Waals surface area contributed by atoms with Crippen molar-refractivity contribution in [1.29, 1.82) is 0 Å². The molecule has 0 aromatic rings. The molecule has 1 unspecified atom stereocenters. The lowest BCUT2D eigenvalue weighted by Gasteiger charge is -2.33. The van der Waals surface area contributed by atoms with E-state index in [4.69, 9.17) is 14.9 Å². The number of piperidine rings is 1. The Bertz CT molecular complexity index is 387. The van der Waals surface area contributed by atoms with Crippen LogP contribution in [0.25, 0.3) is 0 Å². The number of likely N-dealkylation sites (tertiary alicyclic amines) is 1. The van der Waals surface area contributed by atoms with Gasteiger partial charge in [0.25, 0.3) is 0 Å². The molecule has 1 aliphatic rings. The van der Waals surface area contributed by atoms with Crippen LogP contribution in [-0.4, -0.2) is 64.9 Å². The highest BCUT2D eigenvalue weighted by molar-refractivity contribution is 5.86. The summed E-state index contributed by atoms with van der Waals surface area (Å²) in [6.07, 6.45) is 1.83. The first-order valence-corrected chi connectivity index (χ1v) is 7.05. The second-order valence-electron chi connectivity index (χ2n) is 5.02. The average molecular weight is 302 g/mol. The second kappa shape index (κ2) is 8.46. The summed E-state index contributed by atoms with van der Waals surface area (Å²) in [7, 11) is 0. The van der Waals surface area contributed by atoms with Crippen LogP contribution in [-0.2, 0) is 14.3 Å². The van der Waals surface area contributed by atoms with E-state index in [0.717, 1.165) is 19.3 Å². The van der Waals surface area contributed by atoms with Crippen molar-refractivity contribution in [3.05, 3.63) is 0 Å². The number of hydrogen-bond donors (Lipinski definition) is 3. The molecular weight excluding hydrogens is 280 g/mol. The summed E-state index contributed by atoms with van der Waals surface area (Å²) in [6.45, 7) is 3.52. The van der Waals surface area contributed by atoms with Gasteiger partial charge in [0.05, 0.1) is 12.5 Å². The van der Waals surface area contributed by atoms with Gasteiger partial charge in [-0.05, 0) is 19.3 Å². The number of amides is 2. The van der Waals surface area contributed by atoms with E-state index in [1.165, 1.54) is 4.90 Å². The van der Waals surface area contributed by atoms with E-state index in [-0.39, 0.29) is 6.10 Å². The van der Waals surface area contributed by atoms with Gasteiger partial charge in [0.15, 0.2) is 0 Å². The summed E-state index contributed by atoms with van der Waals surface area (Å²) in [5.41, 5.74) is 0. The first kappa shape index (κ1) is 17.2. The standard InChI is InChI=1S/C13H22N2O6/c1-2-6-21-9-4-3-5-15(8-9)13(20)14-10(12(18)19)7-11(16)17/h9-10H,2-8H2,1H3,(H,14,20)(H,16,17)(H,18,19)/t9?,10-/m1/s1. The zero-order chi connectivity index (χ0) is 15.8. The molecule has 0 spiro atoms. The van der Waals surface area contributed by atoms with Crippen molar-refractivity contribution in [3.8, 4) is 0 Å². The number of hydrogen-bond acceptors (Lipinski definition) is 4. The number of nitrogens with one attached hydrogen (secondary N) is 1. The SMILES string of the molecule is CCCOC1CCCN(C(=O)N[C@H](CC(=O)O)C(=O)O)C1. The third-order valence-electron chi connectivity index (χ3n) is 3.20. The molecule has 120 valence electrons. The lowest BCUT2D eigenvalue weighted by Crippen LogP contribution is -2.52. The van der Waals surface area contributed by atoms with Gasteiger partial charge in [0.2, 0.25) is 0 Å². The van der Waals surface area contributed by atoms with Crippen LogP contribution in [0.15, 0.2) is 0 Å². The van der Waals surface area contributed by atoms with Gasteiger partial charge in [0.1, 0.15) is 6.04 Å². The number of rotatable bonds is 7. The van der Waals surface area contributed by atoms with E-state index in [2.05, 4.69) is 5.32 Å². The quantitative estimate of drug-likeness (QED) is 0.631. The molecule has 1 heterocycles. The topological polar surface area (TPSA) is 116 Å². The number of carboxylic acids is 2. The molecule has 21 heavy (non-hydrogen) atoms. The van der Waals surface area contributed by atoms with Crippen molar-refractivity contribution < 1.29 is 29.3 Å². The fraction of sp³-hybridized carbons (Fsp3) is 0.769. The van der Waals surface area contributed by atoms with Crippen LogP contribution in [0.1, 0.15) is 32.6 Å². The Labute approximate surface area is 123 Å². The van der Waals surface area contributed by atoms with Gasteiger partial charge in [-0.1, -0.05) is 6.92 Å². The van der Waals surface area contributed by atoms with E-state index in [0.29, 0.717) is 19.7 Å². The number of carbonyl (C=O) groups is 3. The Morgan fingerprint density at radius 3 is 2.67 bits per heavy atom. The maximum atomic E-state index is 12.0. The summed E-state index contributed by atoms with van der Waals surface area (Å²) in [4.78, 5) is 35.0. The molecule has 0 aromatic heterocycles. The predicted octanol–water partition coefficient (Wildman–Crippen LogP) is 0.515. The molecule has 1 rings (SSSR count). The molecular formula is C13H22N2O6. The molecule has 3 N–H and O–H groups in total. The molecule has 1 aliphatic heterocycles. The highest BCUT2D eigenvalue weighted by Crippen LogP contribution is 2.14. The molecule has 2 amide bonds. The summed E-state index contributed by atoms with van der Waals surface area (Å²) in [6, 6.07) is -1.99. The first-order chi connectivity index (χ1) is 9.93. The van der Waals surface area contributed by atoms with Gasteiger partial charge in [-0.3, -0.25) is 4.79 Å². The predicted molar refractivity (Wildman–Crippen MR) is 73.0 cm³/mol.